The third-order valence-corrected chi connectivity index (χ3v) is 10.3. The van der Waals surface area contributed by atoms with E-state index in [4.69, 9.17) is 0 Å². The lowest BCUT2D eigenvalue weighted by atomic mass is 8.98. The molecule has 2 aliphatic rings. The zero-order valence-electron chi connectivity index (χ0n) is 28.2. The van der Waals surface area contributed by atoms with Crippen LogP contribution in [0.15, 0.2) is 72.8 Å². The second-order valence-corrected chi connectivity index (χ2v) is 17.5. The number of hydrogen-bond acceptors (Lipinski definition) is 0. The Balaban J connectivity index is 1.76. The predicted molar refractivity (Wildman–Crippen MR) is 190 cm³/mol. The van der Waals surface area contributed by atoms with Crippen molar-refractivity contribution in [2.75, 3.05) is 0 Å². The summed E-state index contributed by atoms with van der Waals surface area (Å²) in [6, 6.07) is 29.7. The fraction of sp³-hybridized carbons (Fsp3) is 0.400. The van der Waals surface area contributed by atoms with Crippen LogP contribution in [0.2, 0.25) is 0 Å². The van der Waals surface area contributed by atoms with E-state index in [0.717, 1.165) is 0 Å². The normalized spacial score (nSPS) is 15.0. The topological polar surface area (TPSA) is 0 Å². The Hall–Kier alpha value is -2.99. The SMILES string of the molecule is CC(C)(C)c1ccc2c(c1)B1[BH-](c3cc(C(C)(C)C)ccc3-2)c2cc(C(C)(C)C)ccc2-c2ccc(C(C)(C)C)cc21. The molecule has 0 radical (unpaired) electrons. The molecule has 0 bridgehead atoms. The van der Waals surface area contributed by atoms with Gasteiger partial charge in [-0.3, -0.25) is 0 Å². The maximum absolute atomic E-state index is 2.59. The van der Waals surface area contributed by atoms with E-state index in [-0.39, 0.29) is 21.7 Å². The predicted octanol–water partition coefficient (Wildman–Crippen LogP) is 7.57. The van der Waals surface area contributed by atoms with Gasteiger partial charge in [-0.1, -0.05) is 167 Å². The minimum absolute atomic E-state index is 0.0955. The van der Waals surface area contributed by atoms with Gasteiger partial charge in [0.25, 0.3) is 0 Å². The second kappa shape index (κ2) is 9.25. The summed E-state index contributed by atoms with van der Waals surface area (Å²) in [6.45, 7) is 27.6. The standard InChI is InChI=1S/C40H49B2/c1-37(2,3)25-13-17-29-30-18-14-27(39(7,8)9)23-35(30)42-36-24-28(40(10,11)12)16-20-32(36)31-19-15-26(38(4,5)6)22-34(31)41(42)33(29)21-25/h13-24,41H,1-12H3/q-1. The maximum atomic E-state index is 2.59. The Morgan fingerprint density at radius 1 is 0.381 bits per heavy atom. The van der Waals surface area contributed by atoms with E-state index in [1.54, 1.807) is 10.9 Å². The average molecular weight is 551 g/mol. The highest BCUT2D eigenvalue weighted by molar-refractivity contribution is 7.44. The first-order valence-electron chi connectivity index (χ1n) is 16.1. The van der Waals surface area contributed by atoms with Crippen molar-refractivity contribution in [3.63, 3.8) is 0 Å². The molecule has 4 aromatic rings. The summed E-state index contributed by atoms with van der Waals surface area (Å²) in [5.41, 5.74) is 18.0. The van der Waals surface area contributed by atoms with Crippen LogP contribution >= 0.6 is 0 Å². The van der Waals surface area contributed by atoms with Crippen molar-refractivity contribution in [3.8, 4) is 22.3 Å². The van der Waals surface area contributed by atoms with Gasteiger partial charge in [-0.05, 0) is 55.0 Å². The number of hydrogen-bond donors (Lipinski definition) is 0. The fourth-order valence-electron chi connectivity index (χ4n) is 7.65. The van der Waals surface area contributed by atoms with E-state index < -0.39 is 6.60 Å². The fourth-order valence-corrected chi connectivity index (χ4v) is 7.65. The van der Waals surface area contributed by atoms with Crippen LogP contribution in [0.4, 0.5) is 0 Å². The number of fused-ring (bicyclic) bond motifs is 11. The molecule has 0 amide bonds. The molecule has 0 saturated carbocycles. The van der Waals surface area contributed by atoms with Crippen LogP contribution in [-0.4, -0.2) is 13.2 Å². The van der Waals surface area contributed by atoms with E-state index in [0.29, 0.717) is 6.60 Å². The summed E-state index contributed by atoms with van der Waals surface area (Å²) in [6.07, 6.45) is 0. The number of benzene rings is 4. The van der Waals surface area contributed by atoms with Crippen LogP contribution in [0, 0.1) is 0 Å². The van der Waals surface area contributed by atoms with E-state index in [1.165, 1.54) is 55.4 Å². The lowest BCUT2D eigenvalue weighted by molar-refractivity contribution is 0.590. The smallest absolute Gasteiger partial charge is 0.0544 e. The van der Waals surface area contributed by atoms with Crippen LogP contribution in [-0.2, 0) is 21.7 Å². The molecule has 0 aromatic heterocycles. The molecule has 2 aliphatic heterocycles. The molecule has 2 heterocycles. The Labute approximate surface area is 256 Å². The molecule has 216 valence electrons. The van der Waals surface area contributed by atoms with Gasteiger partial charge in [0, 0.05) is 6.60 Å². The molecule has 0 spiro atoms. The maximum Gasteiger partial charge on any atom is 0.0544 e. The van der Waals surface area contributed by atoms with Crippen molar-refractivity contribution >= 4 is 35.1 Å². The van der Waals surface area contributed by atoms with Crippen LogP contribution in [0.3, 0.4) is 0 Å². The molecule has 0 saturated heterocycles. The van der Waals surface area contributed by atoms with Gasteiger partial charge < -0.3 is 0 Å². The molecule has 4 aromatic carbocycles. The van der Waals surface area contributed by atoms with E-state index >= 15 is 0 Å². The molecule has 0 fully saturated rings. The Kier molecular flexibility index (Phi) is 6.41. The Morgan fingerprint density at radius 3 is 0.976 bits per heavy atom. The van der Waals surface area contributed by atoms with Crippen LogP contribution in [0.5, 0.6) is 0 Å². The summed E-state index contributed by atoms with van der Waals surface area (Å²) in [4.78, 5) is 0. The van der Waals surface area contributed by atoms with Crippen molar-refractivity contribution in [3.05, 3.63) is 95.1 Å². The number of rotatable bonds is 0. The minimum Gasteiger partial charge on any atom is -0.206 e. The third kappa shape index (κ3) is 4.70. The van der Waals surface area contributed by atoms with Crippen LogP contribution in [0.25, 0.3) is 22.3 Å². The van der Waals surface area contributed by atoms with Crippen molar-refractivity contribution < 1.29 is 0 Å². The molecule has 0 aliphatic carbocycles. The van der Waals surface area contributed by atoms with Gasteiger partial charge in [0.05, 0.1) is 6.60 Å². The Bertz CT molecular complexity index is 1450. The highest BCUT2D eigenvalue weighted by Gasteiger charge is 2.39. The van der Waals surface area contributed by atoms with Crippen molar-refractivity contribution in [2.24, 2.45) is 0 Å². The first-order chi connectivity index (χ1) is 19.4. The van der Waals surface area contributed by atoms with E-state index in [1.807, 2.05) is 0 Å². The monoisotopic (exact) mass is 551 g/mol. The molecule has 6 rings (SSSR count). The van der Waals surface area contributed by atoms with E-state index in [9.17, 15) is 0 Å². The van der Waals surface area contributed by atoms with Gasteiger partial charge in [0.2, 0.25) is 0 Å². The zero-order chi connectivity index (χ0) is 30.6. The highest BCUT2D eigenvalue weighted by Crippen LogP contribution is 2.35. The highest BCUT2D eigenvalue weighted by atomic mass is 14.3. The minimum atomic E-state index is -0.944. The van der Waals surface area contributed by atoms with Gasteiger partial charge in [-0.2, -0.15) is 0 Å². The molecule has 0 nitrogen and oxygen atoms in total. The average Bonchev–Trinajstić information content (AvgIpc) is 2.89. The van der Waals surface area contributed by atoms with Gasteiger partial charge in [0.15, 0.2) is 0 Å². The van der Waals surface area contributed by atoms with Gasteiger partial charge in [-0.25, -0.2) is 10.9 Å². The first kappa shape index (κ1) is 29.1. The quantitative estimate of drug-likeness (QED) is 0.198. The molecule has 0 N–H and O–H groups in total. The molecular weight excluding hydrogens is 502 g/mol. The zero-order valence-corrected chi connectivity index (χ0v) is 28.2. The first-order valence-corrected chi connectivity index (χ1v) is 16.1. The van der Waals surface area contributed by atoms with Crippen molar-refractivity contribution in [2.45, 2.75) is 105 Å². The molecule has 0 atom stereocenters. The Morgan fingerprint density at radius 2 is 0.667 bits per heavy atom. The summed E-state index contributed by atoms with van der Waals surface area (Å²) >= 11 is 0. The van der Waals surface area contributed by atoms with Gasteiger partial charge in [-0.15, -0.1) is 10.9 Å². The third-order valence-electron chi connectivity index (χ3n) is 10.3. The van der Waals surface area contributed by atoms with Crippen LogP contribution < -0.4 is 21.9 Å². The van der Waals surface area contributed by atoms with Crippen LogP contribution in [0.1, 0.15) is 105 Å². The molecule has 42 heavy (non-hydrogen) atoms. The van der Waals surface area contributed by atoms with Crippen molar-refractivity contribution in [1.82, 2.24) is 0 Å². The van der Waals surface area contributed by atoms with Gasteiger partial charge in [0.1, 0.15) is 0 Å². The molecule has 2 heteroatoms. The second-order valence-electron chi connectivity index (χ2n) is 17.5. The lowest BCUT2D eigenvalue weighted by Crippen LogP contribution is -2.71. The largest absolute Gasteiger partial charge is 0.206 e. The van der Waals surface area contributed by atoms with E-state index in [2.05, 4.69) is 156 Å². The van der Waals surface area contributed by atoms with Gasteiger partial charge >= 0.3 is 0 Å². The molecule has 0 unspecified atom stereocenters. The summed E-state index contributed by atoms with van der Waals surface area (Å²) < 4.78 is 0. The van der Waals surface area contributed by atoms with Crippen molar-refractivity contribution in [1.29, 1.82) is 0 Å². The lowest BCUT2D eigenvalue weighted by Gasteiger charge is -2.47. The summed E-state index contributed by atoms with van der Waals surface area (Å²) in [7, 11) is 0. The summed E-state index contributed by atoms with van der Waals surface area (Å²) in [5, 5.41) is 0. The molecular formula is C40H49B2-. The summed E-state index contributed by atoms with van der Waals surface area (Å²) in [5.74, 6) is 0.